The monoisotopic (exact) mass is 405 g/mol. The van der Waals surface area contributed by atoms with Gasteiger partial charge in [0.1, 0.15) is 16.4 Å². The van der Waals surface area contributed by atoms with Crippen molar-refractivity contribution in [2.45, 2.75) is 18.7 Å². The molecule has 0 saturated carbocycles. The van der Waals surface area contributed by atoms with Crippen LogP contribution in [0.3, 0.4) is 0 Å². The van der Waals surface area contributed by atoms with Crippen LogP contribution in [0.25, 0.3) is 0 Å². The zero-order valence-electron chi connectivity index (χ0n) is 16.1. The predicted octanol–water partition coefficient (Wildman–Crippen LogP) is 2.55. The minimum Gasteiger partial charge on any atom is -0.495 e. The van der Waals surface area contributed by atoms with Gasteiger partial charge in [0.05, 0.1) is 25.9 Å². The first-order valence-corrected chi connectivity index (χ1v) is 10.3. The van der Waals surface area contributed by atoms with Crippen LogP contribution in [0, 0.1) is 13.8 Å². The Labute approximate surface area is 164 Å². The van der Waals surface area contributed by atoms with Crippen LogP contribution in [0.2, 0.25) is 0 Å². The van der Waals surface area contributed by atoms with Gasteiger partial charge in [0.15, 0.2) is 0 Å². The lowest BCUT2D eigenvalue weighted by Crippen LogP contribution is -2.40. The average molecular weight is 405 g/mol. The van der Waals surface area contributed by atoms with Gasteiger partial charge < -0.3 is 14.2 Å². The van der Waals surface area contributed by atoms with Crippen LogP contribution < -0.4 is 9.47 Å². The van der Waals surface area contributed by atoms with E-state index in [-0.39, 0.29) is 29.3 Å². The zero-order chi connectivity index (χ0) is 20.3. The topological polar surface area (TPSA) is 82.1 Å². The van der Waals surface area contributed by atoms with Crippen LogP contribution in [0.1, 0.15) is 21.5 Å². The van der Waals surface area contributed by atoms with E-state index in [9.17, 15) is 13.2 Å². The first kappa shape index (κ1) is 20.3. The molecule has 1 aliphatic rings. The SMILES string of the molecule is COc1ccc(C(=O)Oc2ccc(C)cc2C)cc1S(=O)(=O)N1CCOCC1. The molecule has 7 nitrogen and oxygen atoms in total. The maximum absolute atomic E-state index is 13.0. The van der Waals surface area contributed by atoms with Crippen LogP contribution in [0.5, 0.6) is 11.5 Å². The van der Waals surface area contributed by atoms with Gasteiger partial charge in [0, 0.05) is 13.1 Å². The smallest absolute Gasteiger partial charge is 0.343 e. The molecule has 2 aromatic rings. The maximum atomic E-state index is 13.0. The third-order valence-corrected chi connectivity index (χ3v) is 6.44. The number of sulfonamides is 1. The van der Waals surface area contributed by atoms with Crippen molar-refractivity contribution >= 4 is 16.0 Å². The fourth-order valence-electron chi connectivity index (χ4n) is 3.00. The van der Waals surface area contributed by atoms with Crippen molar-refractivity contribution in [2.75, 3.05) is 33.4 Å². The van der Waals surface area contributed by atoms with Gasteiger partial charge in [-0.1, -0.05) is 17.7 Å². The van der Waals surface area contributed by atoms with E-state index in [0.29, 0.717) is 19.0 Å². The van der Waals surface area contributed by atoms with E-state index in [1.165, 1.54) is 29.6 Å². The molecule has 0 spiro atoms. The summed E-state index contributed by atoms with van der Waals surface area (Å²) in [6.07, 6.45) is 0. The van der Waals surface area contributed by atoms with Gasteiger partial charge in [-0.15, -0.1) is 0 Å². The third kappa shape index (κ3) is 4.19. The van der Waals surface area contributed by atoms with Crippen molar-refractivity contribution in [3.63, 3.8) is 0 Å². The predicted molar refractivity (Wildman–Crippen MR) is 103 cm³/mol. The number of benzene rings is 2. The Morgan fingerprint density at radius 3 is 2.36 bits per heavy atom. The maximum Gasteiger partial charge on any atom is 0.343 e. The Morgan fingerprint density at radius 2 is 1.71 bits per heavy atom. The summed E-state index contributed by atoms with van der Waals surface area (Å²) >= 11 is 0. The Balaban J connectivity index is 1.92. The minimum atomic E-state index is -3.83. The van der Waals surface area contributed by atoms with Gasteiger partial charge in [0.2, 0.25) is 10.0 Å². The van der Waals surface area contributed by atoms with Gasteiger partial charge in [-0.25, -0.2) is 13.2 Å². The molecule has 2 aromatic carbocycles. The molecular weight excluding hydrogens is 382 g/mol. The number of aryl methyl sites for hydroxylation is 2. The molecule has 1 aliphatic heterocycles. The molecule has 0 radical (unpaired) electrons. The highest BCUT2D eigenvalue weighted by molar-refractivity contribution is 7.89. The number of esters is 1. The summed E-state index contributed by atoms with van der Waals surface area (Å²) in [4.78, 5) is 12.6. The van der Waals surface area contributed by atoms with Crippen LogP contribution in [-0.4, -0.2) is 52.1 Å². The molecule has 8 heteroatoms. The van der Waals surface area contributed by atoms with Crippen molar-refractivity contribution in [3.8, 4) is 11.5 Å². The molecule has 0 aromatic heterocycles. The Morgan fingerprint density at radius 1 is 1.04 bits per heavy atom. The van der Waals surface area contributed by atoms with Crippen LogP contribution in [0.15, 0.2) is 41.3 Å². The van der Waals surface area contributed by atoms with Crippen LogP contribution in [-0.2, 0) is 14.8 Å². The van der Waals surface area contributed by atoms with Crippen molar-refractivity contribution in [1.82, 2.24) is 4.31 Å². The molecule has 1 saturated heterocycles. The highest BCUT2D eigenvalue weighted by Crippen LogP contribution is 2.29. The van der Waals surface area contributed by atoms with Crippen LogP contribution >= 0.6 is 0 Å². The molecule has 1 fully saturated rings. The summed E-state index contributed by atoms with van der Waals surface area (Å²) < 4.78 is 43.3. The quantitative estimate of drug-likeness (QED) is 0.562. The minimum absolute atomic E-state index is 0.0630. The first-order valence-electron chi connectivity index (χ1n) is 8.88. The van der Waals surface area contributed by atoms with Gasteiger partial charge in [-0.3, -0.25) is 0 Å². The second-order valence-electron chi connectivity index (χ2n) is 6.54. The first-order chi connectivity index (χ1) is 13.3. The molecule has 3 rings (SSSR count). The Kier molecular flexibility index (Phi) is 6.02. The second kappa shape index (κ2) is 8.30. The average Bonchev–Trinajstić information content (AvgIpc) is 2.70. The summed E-state index contributed by atoms with van der Waals surface area (Å²) in [5, 5.41) is 0. The fraction of sp³-hybridized carbons (Fsp3) is 0.350. The Bertz CT molecular complexity index is 980. The number of ether oxygens (including phenoxy) is 3. The number of carbonyl (C=O) groups is 1. The van der Waals surface area contributed by atoms with Crippen molar-refractivity contribution < 1.29 is 27.4 Å². The summed E-state index contributed by atoms with van der Waals surface area (Å²) in [6, 6.07) is 9.73. The number of morpholine rings is 1. The van der Waals surface area contributed by atoms with E-state index in [1.54, 1.807) is 6.07 Å². The normalized spacial score (nSPS) is 15.2. The number of rotatable bonds is 5. The fourth-order valence-corrected chi connectivity index (χ4v) is 4.59. The number of carbonyl (C=O) groups excluding carboxylic acids is 1. The van der Waals surface area contributed by atoms with Gasteiger partial charge >= 0.3 is 5.97 Å². The van der Waals surface area contributed by atoms with Gasteiger partial charge in [-0.05, 0) is 43.7 Å². The van der Waals surface area contributed by atoms with Crippen molar-refractivity contribution in [3.05, 3.63) is 53.1 Å². The highest BCUT2D eigenvalue weighted by atomic mass is 32.2. The molecule has 0 N–H and O–H groups in total. The van der Waals surface area contributed by atoms with Crippen LogP contribution in [0.4, 0.5) is 0 Å². The number of hydrogen-bond donors (Lipinski definition) is 0. The lowest BCUT2D eigenvalue weighted by atomic mass is 10.1. The number of nitrogens with zero attached hydrogens (tertiary/aromatic N) is 1. The van der Waals surface area contributed by atoms with E-state index in [2.05, 4.69) is 0 Å². The molecular formula is C20H23NO6S. The number of methoxy groups -OCH3 is 1. The van der Waals surface area contributed by atoms with Gasteiger partial charge in [0.25, 0.3) is 0 Å². The van der Waals surface area contributed by atoms with E-state index < -0.39 is 16.0 Å². The largest absolute Gasteiger partial charge is 0.495 e. The second-order valence-corrected chi connectivity index (χ2v) is 8.45. The summed E-state index contributed by atoms with van der Waals surface area (Å²) in [7, 11) is -2.44. The lowest BCUT2D eigenvalue weighted by Gasteiger charge is -2.26. The molecule has 150 valence electrons. The van der Waals surface area contributed by atoms with Crippen molar-refractivity contribution in [2.24, 2.45) is 0 Å². The van der Waals surface area contributed by atoms with E-state index in [4.69, 9.17) is 14.2 Å². The molecule has 0 aliphatic carbocycles. The highest BCUT2D eigenvalue weighted by Gasteiger charge is 2.30. The molecule has 28 heavy (non-hydrogen) atoms. The third-order valence-electron chi connectivity index (χ3n) is 4.52. The molecule has 0 atom stereocenters. The summed E-state index contributed by atoms with van der Waals surface area (Å²) in [6.45, 7) is 4.96. The van der Waals surface area contributed by atoms with E-state index >= 15 is 0 Å². The standard InChI is InChI=1S/C20H23NO6S/c1-14-4-6-17(15(2)12-14)27-20(22)16-5-7-18(25-3)19(13-16)28(23,24)21-8-10-26-11-9-21/h4-7,12-13H,8-11H2,1-3H3. The summed E-state index contributed by atoms with van der Waals surface area (Å²) in [5.74, 6) is -0.0217. The van der Waals surface area contributed by atoms with Gasteiger partial charge in [-0.2, -0.15) is 4.31 Å². The lowest BCUT2D eigenvalue weighted by molar-refractivity contribution is 0.0726. The molecule has 0 bridgehead atoms. The molecule has 0 amide bonds. The van der Waals surface area contributed by atoms with Crippen molar-refractivity contribution in [1.29, 1.82) is 0 Å². The molecule has 1 heterocycles. The summed E-state index contributed by atoms with van der Waals surface area (Å²) in [5.41, 5.74) is 2.01. The Hall–Kier alpha value is -2.42. The van der Waals surface area contributed by atoms with E-state index in [1.807, 2.05) is 26.0 Å². The number of hydrogen-bond acceptors (Lipinski definition) is 6. The zero-order valence-corrected chi connectivity index (χ0v) is 16.9. The van der Waals surface area contributed by atoms with E-state index in [0.717, 1.165) is 11.1 Å². The molecule has 0 unspecified atom stereocenters.